The van der Waals surface area contributed by atoms with Gasteiger partial charge in [-0.15, -0.1) is 0 Å². The van der Waals surface area contributed by atoms with Crippen LogP contribution in [0.15, 0.2) is 54.1 Å². The number of anilines is 2. The molecule has 1 fully saturated rings. The molecule has 7 heteroatoms. The number of benzene rings is 2. The van der Waals surface area contributed by atoms with Crippen molar-refractivity contribution >= 4 is 40.7 Å². The fraction of sp³-hybridized carbons (Fsp3) is 0.261. The first-order valence-electron chi connectivity index (χ1n) is 9.67. The van der Waals surface area contributed by atoms with Crippen LogP contribution < -0.4 is 15.0 Å². The highest BCUT2D eigenvalue weighted by Gasteiger charge is 2.48. The highest BCUT2D eigenvalue weighted by Crippen LogP contribution is 2.39. The van der Waals surface area contributed by atoms with E-state index >= 15 is 0 Å². The van der Waals surface area contributed by atoms with Crippen molar-refractivity contribution in [2.75, 3.05) is 17.3 Å². The van der Waals surface area contributed by atoms with Crippen molar-refractivity contribution in [2.24, 2.45) is 11.8 Å². The lowest BCUT2D eigenvalue weighted by Crippen LogP contribution is -2.30. The number of carbonyl (C=O) groups is 3. The summed E-state index contributed by atoms with van der Waals surface area (Å²) in [5.74, 6) is -0.785. The van der Waals surface area contributed by atoms with E-state index in [0.29, 0.717) is 40.6 Å². The molecule has 1 aliphatic heterocycles. The number of hydrogen-bond donors (Lipinski definition) is 1. The number of rotatable bonds is 4. The Kier molecular flexibility index (Phi) is 5.35. The van der Waals surface area contributed by atoms with Crippen molar-refractivity contribution in [3.63, 3.8) is 0 Å². The number of imide groups is 1. The number of hydrogen-bond acceptors (Lipinski definition) is 4. The van der Waals surface area contributed by atoms with Gasteiger partial charge in [0.25, 0.3) is 5.91 Å². The van der Waals surface area contributed by atoms with Crippen LogP contribution in [-0.2, 0) is 9.59 Å². The standard InChI is InChI=1S/C23H21ClN2O4/c1-13-3-9-17-18(11-13)23(29)26(22(17)28)16-7-4-14(5-8-16)21(27)25-19-12-15(24)6-10-20(19)30-2/h3-8,10,12,17-18H,9,11H2,1-2H3,(H,25,27)/t17-,18-/m1/s1. The lowest BCUT2D eigenvalue weighted by Gasteiger charge is -2.18. The SMILES string of the molecule is COc1ccc(Cl)cc1NC(=O)c1ccc(N2C(=O)[C@@H]3CC=C(C)C[C@H]3C2=O)cc1. The summed E-state index contributed by atoms with van der Waals surface area (Å²) >= 11 is 6.00. The molecule has 2 aliphatic rings. The molecule has 0 saturated carbocycles. The number of ether oxygens (including phenoxy) is 1. The first kappa shape index (κ1) is 20.2. The lowest BCUT2D eigenvalue weighted by molar-refractivity contribution is -0.122. The number of nitrogens with one attached hydrogen (secondary N) is 1. The third kappa shape index (κ3) is 3.59. The van der Waals surface area contributed by atoms with E-state index in [1.807, 2.05) is 13.0 Å². The minimum atomic E-state index is -0.352. The van der Waals surface area contributed by atoms with Crippen LogP contribution in [0, 0.1) is 11.8 Å². The van der Waals surface area contributed by atoms with Gasteiger partial charge in [-0.05, 0) is 62.2 Å². The fourth-order valence-corrected chi connectivity index (χ4v) is 4.20. The number of carbonyl (C=O) groups excluding carboxylic acids is 3. The van der Waals surface area contributed by atoms with Gasteiger partial charge >= 0.3 is 0 Å². The summed E-state index contributed by atoms with van der Waals surface area (Å²) in [7, 11) is 1.51. The zero-order valence-electron chi connectivity index (χ0n) is 16.6. The van der Waals surface area contributed by atoms with Gasteiger partial charge < -0.3 is 10.1 Å². The normalized spacial score (nSPS) is 20.6. The van der Waals surface area contributed by atoms with Crippen LogP contribution in [0.4, 0.5) is 11.4 Å². The number of halogens is 1. The van der Waals surface area contributed by atoms with E-state index in [4.69, 9.17) is 16.3 Å². The average molecular weight is 425 g/mol. The maximum atomic E-state index is 12.8. The third-order valence-electron chi connectivity index (χ3n) is 5.62. The maximum absolute atomic E-state index is 12.8. The Bertz CT molecular complexity index is 1060. The van der Waals surface area contributed by atoms with Gasteiger partial charge in [0, 0.05) is 10.6 Å². The second kappa shape index (κ2) is 7.95. The van der Waals surface area contributed by atoms with Crippen molar-refractivity contribution in [2.45, 2.75) is 19.8 Å². The molecule has 6 nitrogen and oxygen atoms in total. The molecule has 0 aromatic heterocycles. The van der Waals surface area contributed by atoms with Gasteiger partial charge in [-0.3, -0.25) is 19.3 Å². The zero-order valence-corrected chi connectivity index (χ0v) is 17.4. The number of fused-ring (bicyclic) bond motifs is 1. The smallest absolute Gasteiger partial charge is 0.255 e. The minimum absolute atomic E-state index is 0.168. The quantitative estimate of drug-likeness (QED) is 0.581. The Labute approximate surface area is 179 Å². The first-order chi connectivity index (χ1) is 14.4. The predicted molar refractivity (Wildman–Crippen MR) is 115 cm³/mol. The summed E-state index contributed by atoms with van der Waals surface area (Å²) in [5.41, 5.74) is 2.46. The van der Waals surface area contributed by atoms with Crippen molar-refractivity contribution < 1.29 is 19.1 Å². The van der Waals surface area contributed by atoms with Crippen LogP contribution in [0.5, 0.6) is 5.75 Å². The van der Waals surface area contributed by atoms with E-state index in [1.165, 1.54) is 12.0 Å². The molecule has 0 bridgehead atoms. The van der Waals surface area contributed by atoms with E-state index in [1.54, 1.807) is 42.5 Å². The van der Waals surface area contributed by atoms with E-state index in [9.17, 15) is 14.4 Å². The Morgan fingerprint density at radius 1 is 1.10 bits per heavy atom. The number of amides is 3. The molecule has 0 spiro atoms. The molecule has 0 unspecified atom stereocenters. The summed E-state index contributed by atoms with van der Waals surface area (Å²) in [4.78, 5) is 39.5. The molecule has 1 aliphatic carbocycles. The molecule has 1 saturated heterocycles. The van der Waals surface area contributed by atoms with Crippen LogP contribution in [0.1, 0.15) is 30.1 Å². The average Bonchev–Trinajstić information content (AvgIpc) is 2.98. The summed E-state index contributed by atoms with van der Waals surface area (Å²) in [6, 6.07) is 11.4. The zero-order chi connectivity index (χ0) is 21.4. The molecular formula is C23H21ClN2O4. The summed E-state index contributed by atoms with van der Waals surface area (Å²) in [6.45, 7) is 1.99. The molecule has 30 heavy (non-hydrogen) atoms. The highest BCUT2D eigenvalue weighted by molar-refractivity contribution is 6.31. The molecular weight excluding hydrogens is 404 g/mol. The maximum Gasteiger partial charge on any atom is 0.255 e. The van der Waals surface area contributed by atoms with Gasteiger partial charge in [0.15, 0.2) is 0 Å². The number of nitrogens with zero attached hydrogens (tertiary/aromatic N) is 1. The Morgan fingerprint density at radius 2 is 1.80 bits per heavy atom. The summed E-state index contributed by atoms with van der Waals surface area (Å²) < 4.78 is 5.24. The summed E-state index contributed by atoms with van der Waals surface area (Å²) in [6.07, 6.45) is 3.25. The van der Waals surface area contributed by atoms with E-state index < -0.39 is 0 Å². The largest absolute Gasteiger partial charge is 0.495 e. The van der Waals surface area contributed by atoms with Gasteiger partial charge in [-0.2, -0.15) is 0 Å². The van der Waals surface area contributed by atoms with E-state index in [0.717, 1.165) is 5.57 Å². The Balaban J connectivity index is 1.52. The molecule has 3 amide bonds. The number of allylic oxidation sites excluding steroid dienone is 2. The van der Waals surface area contributed by atoms with Crippen LogP contribution in [0.3, 0.4) is 0 Å². The predicted octanol–water partition coefficient (Wildman–Crippen LogP) is 4.45. The highest BCUT2D eigenvalue weighted by atomic mass is 35.5. The molecule has 4 rings (SSSR count). The van der Waals surface area contributed by atoms with Crippen molar-refractivity contribution in [1.82, 2.24) is 0 Å². The van der Waals surface area contributed by atoms with Gasteiger partial charge in [0.1, 0.15) is 5.75 Å². The molecule has 0 radical (unpaired) electrons. The van der Waals surface area contributed by atoms with E-state index in [2.05, 4.69) is 5.32 Å². The molecule has 154 valence electrons. The van der Waals surface area contributed by atoms with Crippen LogP contribution >= 0.6 is 11.6 Å². The first-order valence-corrected chi connectivity index (χ1v) is 10.0. The van der Waals surface area contributed by atoms with Crippen LogP contribution in [0.2, 0.25) is 5.02 Å². The van der Waals surface area contributed by atoms with Gasteiger partial charge in [0.05, 0.1) is 30.3 Å². The van der Waals surface area contributed by atoms with Gasteiger partial charge in [0.2, 0.25) is 11.8 Å². The molecule has 2 atom stereocenters. The molecule has 1 N–H and O–H groups in total. The lowest BCUT2D eigenvalue weighted by atomic mass is 9.82. The molecule has 1 heterocycles. The molecule has 2 aromatic rings. The number of methoxy groups -OCH3 is 1. The fourth-order valence-electron chi connectivity index (χ4n) is 4.03. The van der Waals surface area contributed by atoms with Crippen molar-refractivity contribution in [3.05, 3.63) is 64.7 Å². The van der Waals surface area contributed by atoms with Crippen LogP contribution in [-0.4, -0.2) is 24.8 Å². The molecule has 2 aromatic carbocycles. The minimum Gasteiger partial charge on any atom is -0.495 e. The third-order valence-corrected chi connectivity index (χ3v) is 5.86. The Hall–Kier alpha value is -3.12. The topological polar surface area (TPSA) is 75.7 Å². The Morgan fingerprint density at radius 3 is 2.50 bits per heavy atom. The second-order valence-electron chi connectivity index (χ2n) is 7.56. The van der Waals surface area contributed by atoms with Crippen molar-refractivity contribution in [3.8, 4) is 5.75 Å². The van der Waals surface area contributed by atoms with Crippen LogP contribution in [0.25, 0.3) is 0 Å². The second-order valence-corrected chi connectivity index (χ2v) is 8.00. The van der Waals surface area contributed by atoms with Crippen molar-refractivity contribution in [1.29, 1.82) is 0 Å². The van der Waals surface area contributed by atoms with Gasteiger partial charge in [-0.1, -0.05) is 23.3 Å². The van der Waals surface area contributed by atoms with Gasteiger partial charge in [-0.25, -0.2) is 0 Å². The monoisotopic (exact) mass is 424 g/mol. The summed E-state index contributed by atoms with van der Waals surface area (Å²) in [5, 5.41) is 3.24. The van der Waals surface area contributed by atoms with E-state index in [-0.39, 0.29) is 29.6 Å².